The molecule has 0 bridgehead atoms. The van der Waals surface area contributed by atoms with Crippen molar-refractivity contribution in [3.63, 3.8) is 0 Å². The molecule has 1 atom stereocenters. The Morgan fingerprint density at radius 1 is 1.14 bits per heavy atom. The van der Waals surface area contributed by atoms with Crippen molar-refractivity contribution >= 4 is 11.0 Å². The second-order valence-electron chi connectivity index (χ2n) is 5.61. The first-order valence-corrected chi connectivity index (χ1v) is 8.10. The van der Waals surface area contributed by atoms with Crippen LogP contribution in [0.1, 0.15) is 26.2 Å². The van der Waals surface area contributed by atoms with Gasteiger partial charge in [-0.15, -0.1) is 0 Å². The summed E-state index contributed by atoms with van der Waals surface area (Å²) < 4.78 is 11.5. The highest BCUT2D eigenvalue weighted by atomic mass is 16.5. The molecule has 1 aliphatic heterocycles. The first kappa shape index (κ1) is 15.0. The van der Waals surface area contributed by atoms with Gasteiger partial charge in [-0.1, -0.05) is 12.1 Å². The highest BCUT2D eigenvalue weighted by Gasteiger charge is 2.15. The molecular formula is C17H23N3O2. The predicted octanol–water partition coefficient (Wildman–Crippen LogP) is 2.80. The highest BCUT2D eigenvalue weighted by Crippen LogP contribution is 2.26. The SMILES string of the molecule is CCOc1nc2ccccc2nc1OCCC1CCCNC1. The molecule has 0 amide bonds. The average molecular weight is 301 g/mol. The number of rotatable bonds is 6. The van der Waals surface area contributed by atoms with Crippen LogP contribution in [0.4, 0.5) is 0 Å². The first-order chi connectivity index (χ1) is 10.9. The highest BCUT2D eigenvalue weighted by molar-refractivity contribution is 5.75. The third-order valence-corrected chi connectivity index (χ3v) is 3.95. The van der Waals surface area contributed by atoms with Crippen LogP contribution in [-0.2, 0) is 0 Å². The van der Waals surface area contributed by atoms with E-state index in [9.17, 15) is 0 Å². The Morgan fingerprint density at radius 2 is 1.86 bits per heavy atom. The molecule has 0 spiro atoms. The molecule has 22 heavy (non-hydrogen) atoms. The van der Waals surface area contributed by atoms with E-state index in [1.54, 1.807) is 0 Å². The van der Waals surface area contributed by atoms with Gasteiger partial charge in [0.15, 0.2) is 0 Å². The van der Waals surface area contributed by atoms with Crippen molar-refractivity contribution in [2.45, 2.75) is 26.2 Å². The summed E-state index contributed by atoms with van der Waals surface area (Å²) in [6.45, 7) is 5.37. The number of para-hydroxylation sites is 2. The van der Waals surface area contributed by atoms with Crippen LogP contribution in [0.3, 0.4) is 0 Å². The zero-order valence-corrected chi connectivity index (χ0v) is 13.0. The van der Waals surface area contributed by atoms with Crippen molar-refractivity contribution in [2.75, 3.05) is 26.3 Å². The molecule has 1 aromatic heterocycles. The van der Waals surface area contributed by atoms with Crippen LogP contribution in [0.15, 0.2) is 24.3 Å². The zero-order valence-electron chi connectivity index (χ0n) is 13.0. The summed E-state index contributed by atoms with van der Waals surface area (Å²) >= 11 is 0. The average Bonchev–Trinajstić information content (AvgIpc) is 2.56. The van der Waals surface area contributed by atoms with Gasteiger partial charge in [-0.2, -0.15) is 0 Å². The van der Waals surface area contributed by atoms with Crippen LogP contribution in [0.2, 0.25) is 0 Å². The molecule has 2 aromatic rings. The molecular weight excluding hydrogens is 278 g/mol. The molecule has 1 aliphatic rings. The molecule has 1 N–H and O–H groups in total. The molecule has 118 valence electrons. The largest absolute Gasteiger partial charge is 0.474 e. The van der Waals surface area contributed by atoms with Gasteiger partial charge in [-0.25, -0.2) is 9.97 Å². The van der Waals surface area contributed by atoms with E-state index in [2.05, 4.69) is 15.3 Å². The second kappa shape index (κ2) is 7.40. The Bertz CT molecular complexity index is 612. The number of nitrogens with one attached hydrogen (secondary N) is 1. The molecule has 3 rings (SSSR count). The zero-order chi connectivity index (χ0) is 15.2. The number of fused-ring (bicyclic) bond motifs is 1. The maximum atomic E-state index is 5.87. The molecule has 1 aromatic carbocycles. The van der Waals surface area contributed by atoms with Crippen LogP contribution in [-0.4, -0.2) is 36.3 Å². The van der Waals surface area contributed by atoms with Gasteiger partial charge < -0.3 is 14.8 Å². The predicted molar refractivity (Wildman–Crippen MR) is 86.4 cm³/mol. The topological polar surface area (TPSA) is 56.3 Å². The minimum Gasteiger partial charge on any atom is -0.474 e. The lowest BCUT2D eigenvalue weighted by Gasteiger charge is -2.22. The van der Waals surface area contributed by atoms with Gasteiger partial charge in [0.05, 0.1) is 24.2 Å². The van der Waals surface area contributed by atoms with Crippen LogP contribution >= 0.6 is 0 Å². The summed E-state index contributed by atoms with van der Waals surface area (Å²) in [6, 6.07) is 7.77. The van der Waals surface area contributed by atoms with Gasteiger partial charge >= 0.3 is 0 Å². The number of hydrogen-bond donors (Lipinski definition) is 1. The summed E-state index contributed by atoms with van der Waals surface area (Å²) in [4.78, 5) is 9.06. The summed E-state index contributed by atoms with van der Waals surface area (Å²) in [5, 5.41) is 3.43. The van der Waals surface area contributed by atoms with E-state index in [0.717, 1.165) is 30.5 Å². The van der Waals surface area contributed by atoms with Gasteiger partial charge in [0.25, 0.3) is 11.8 Å². The third kappa shape index (κ3) is 3.65. The first-order valence-electron chi connectivity index (χ1n) is 8.10. The van der Waals surface area contributed by atoms with Crippen LogP contribution < -0.4 is 14.8 Å². The molecule has 5 nitrogen and oxygen atoms in total. The summed E-state index contributed by atoms with van der Waals surface area (Å²) in [7, 11) is 0. The molecule has 0 saturated carbocycles. The molecule has 2 heterocycles. The number of nitrogens with zero attached hydrogens (tertiary/aromatic N) is 2. The van der Waals surface area contributed by atoms with Crippen molar-refractivity contribution in [1.82, 2.24) is 15.3 Å². The number of aromatic nitrogens is 2. The van der Waals surface area contributed by atoms with Crippen molar-refractivity contribution < 1.29 is 9.47 Å². The second-order valence-corrected chi connectivity index (χ2v) is 5.61. The Morgan fingerprint density at radius 3 is 2.50 bits per heavy atom. The van der Waals surface area contributed by atoms with Crippen LogP contribution in [0.25, 0.3) is 11.0 Å². The molecule has 0 aliphatic carbocycles. The molecule has 1 unspecified atom stereocenters. The lowest BCUT2D eigenvalue weighted by molar-refractivity contribution is 0.229. The van der Waals surface area contributed by atoms with E-state index in [-0.39, 0.29) is 0 Å². The molecule has 1 fully saturated rings. The third-order valence-electron chi connectivity index (χ3n) is 3.95. The maximum absolute atomic E-state index is 5.87. The Hall–Kier alpha value is -1.88. The van der Waals surface area contributed by atoms with Gasteiger partial charge in [0.2, 0.25) is 0 Å². The fraction of sp³-hybridized carbons (Fsp3) is 0.529. The lowest BCUT2D eigenvalue weighted by Crippen LogP contribution is -2.30. The Kier molecular flexibility index (Phi) is 5.06. The fourth-order valence-electron chi connectivity index (χ4n) is 2.79. The summed E-state index contributed by atoms with van der Waals surface area (Å²) in [5.41, 5.74) is 1.66. The van der Waals surface area contributed by atoms with Gasteiger partial charge in [0, 0.05) is 0 Å². The fourth-order valence-corrected chi connectivity index (χ4v) is 2.79. The molecule has 0 radical (unpaired) electrons. The van der Waals surface area contributed by atoms with Gasteiger partial charge in [-0.05, 0) is 57.3 Å². The van der Waals surface area contributed by atoms with Crippen molar-refractivity contribution in [3.8, 4) is 11.8 Å². The Labute approximate surface area is 131 Å². The van der Waals surface area contributed by atoms with E-state index >= 15 is 0 Å². The molecule has 5 heteroatoms. The molecule has 1 saturated heterocycles. The van der Waals surface area contributed by atoms with Crippen molar-refractivity contribution in [2.24, 2.45) is 5.92 Å². The number of hydrogen-bond acceptors (Lipinski definition) is 5. The quantitative estimate of drug-likeness (QED) is 0.889. The van der Waals surface area contributed by atoms with Gasteiger partial charge in [0.1, 0.15) is 0 Å². The van der Waals surface area contributed by atoms with E-state index in [4.69, 9.17) is 9.47 Å². The van der Waals surface area contributed by atoms with E-state index < -0.39 is 0 Å². The maximum Gasteiger partial charge on any atom is 0.278 e. The van der Waals surface area contributed by atoms with Crippen molar-refractivity contribution in [3.05, 3.63) is 24.3 Å². The number of ether oxygens (including phenoxy) is 2. The standard InChI is InChI=1S/C17H23N3O2/c1-2-21-16-17(20-15-8-4-3-7-14(15)19-16)22-11-9-13-6-5-10-18-12-13/h3-4,7-8,13,18H,2,5-6,9-12H2,1H3. The number of benzene rings is 1. The monoisotopic (exact) mass is 301 g/mol. The normalized spacial score (nSPS) is 18.3. The van der Waals surface area contributed by atoms with Crippen LogP contribution in [0.5, 0.6) is 11.8 Å². The van der Waals surface area contributed by atoms with Gasteiger partial charge in [-0.3, -0.25) is 0 Å². The minimum absolute atomic E-state index is 0.489. The summed E-state index contributed by atoms with van der Waals surface area (Å²) in [5.74, 6) is 1.69. The van der Waals surface area contributed by atoms with E-state index in [0.29, 0.717) is 30.9 Å². The minimum atomic E-state index is 0.489. The van der Waals surface area contributed by atoms with Crippen molar-refractivity contribution in [1.29, 1.82) is 0 Å². The van der Waals surface area contributed by atoms with E-state index in [1.165, 1.54) is 12.8 Å². The lowest BCUT2D eigenvalue weighted by atomic mass is 9.97. The van der Waals surface area contributed by atoms with Crippen LogP contribution in [0, 0.1) is 5.92 Å². The van der Waals surface area contributed by atoms with E-state index in [1.807, 2.05) is 31.2 Å². The number of piperidine rings is 1. The Balaban J connectivity index is 1.69. The summed E-state index contributed by atoms with van der Waals surface area (Å²) in [6.07, 6.45) is 3.57. The smallest absolute Gasteiger partial charge is 0.278 e.